The van der Waals surface area contributed by atoms with E-state index in [0.29, 0.717) is 12.0 Å². The number of nitrogens with zero attached hydrogens (tertiary/aromatic N) is 1. The van der Waals surface area contributed by atoms with Gasteiger partial charge >= 0.3 is 6.09 Å². The van der Waals surface area contributed by atoms with Gasteiger partial charge in [0.05, 0.1) is 0 Å². The monoisotopic (exact) mass is 226 g/mol. The number of hydrogen-bond donors (Lipinski definition) is 1. The fourth-order valence-corrected chi connectivity index (χ4v) is 2.85. The molecule has 1 heterocycles. The Balaban J connectivity index is 1.98. The van der Waals surface area contributed by atoms with Crippen LogP contribution in [0, 0.1) is 5.92 Å². The van der Waals surface area contributed by atoms with Gasteiger partial charge in [0.25, 0.3) is 0 Å². The second-order valence-corrected chi connectivity index (χ2v) is 6.02. The second-order valence-electron chi connectivity index (χ2n) is 6.02. The van der Waals surface area contributed by atoms with E-state index in [1.165, 1.54) is 0 Å². The van der Waals surface area contributed by atoms with E-state index < -0.39 is 5.60 Å². The van der Waals surface area contributed by atoms with Crippen LogP contribution in [0.2, 0.25) is 0 Å². The summed E-state index contributed by atoms with van der Waals surface area (Å²) >= 11 is 0. The summed E-state index contributed by atoms with van der Waals surface area (Å²) in [4.78, 5) is 13.9. The third kappa shape index (κ3) is 2.32. The average molecular weight is 226 g/mol. The second kappa shape index (κ2) is 3.91. The molecule has 0 aromatic carbocycles. The molecule has 1 aliphatic heterocycles. The lowest BCUT2D eigenvalue weighted by Crippen LogP contribution is -2.40. The van der Waals surface area contributed by atoms with Gasteiger partial charge in [-0.3, -0.25) is 0 Å². The standard InChI is InChI=1S/C12H22N2O2/c1-12(2,3)16-11(15)14-5-4-8-6-9(13)7-10(8)14/h8-10H,4-7,13H2,1-3H3/t8-,9-,10+/m1/s1. The maximum absolute atomic E-state index is 12.0. The molecule has 1 amide bonds. The third-order valence-electron chi connectivity index (χ3n) is 3.46. The van der Waals surface area contributed by atoms with Crippen LogP contribution >= 0.6 is 0 Å². The maximum atomic E-state index is 12.0. The van der Waals surface area contributed by atoms with Crippen LogP contribution in [-0.4, -0.2) is 35.2 Å². The Morgan fingerprint density at radius 1 is 1.38 bits per heavy atom. The Hall–Kier alpha value is -0.770. The van der Waals surface area contributed by atoms with Crippen LogP contribution in [-0.2, 0) is 4.74 Å². The Bertz CT molecular complexity index is 285. The van der Waals surface area contributed by atoms with Crippen molar-refractivity contribution in [3.05, 3.63) is 0 Å². The Morgan fingerprint density at radius 2 is 2.06 bits per heavy atom. The van der Waals surface area contributed by atoms with Crippen LogP contribution in [0.15, 0.2) is 0 Å². The summed E-state index contributed by atoms with van der Waals surface area (Å²) in [5, 5.41) is 0. The minimum atomic E-state index is -0.407. The van der Waals surface area contributed by atoms with Gasteiger partial charge in [0.15, 0.2) is 0 Å². The molecular formula is C12H22N2O2. The maximum Gasteiger partial charge on any atom is 0.410 e. The van der Waals surface area contributed by atoms with Gasteiger partial charge in [-0.05, 0) is 46.0 Å². The topological polar surface area (TPSA) is 55.6 Å². The quantitative estimate of drug-likeness (QED) is 0.684. The van der Waals surface area contributed by atoms with E-state index in [0.717, 1.165) is 25.8 Å². The van der Waals surface area contributed by atoms with E-state index in [4.69, 9.17) is 10.5 Å². The van der Waals surface area contributed by atoms with Crippen molar-refractivity contribution in [3.63, 3.8) is 0 Å². The van der Waals surface area contributed by atoms with Crippen LogP contribution in [0.4, 0.5) is 4.79 Å². The molecule has 2 fully saturated rings. The third-order valence-corrected chi connectivity index (χ3v) is 3.46. The van der Waals surface area contributed by atoms with Gasteiger partial charge in [-0.2, -0.15) is 0 Å². The van der Waals surface area contributed by atoms with Gasteiger partial charge in [-0.1, -0.05) is 0 Å². The minimum Gasteiger partial charge on any atom is -0.444 e. The van der Waals surface area contributed by atoms with Crippen molar-refractivity contribution in [2.24, 2.45) is 11.7 Å². The van der Waals surface area contributed by atoms with Crippen molar-refractivity contribution in [1.82, 2.24) is 4.90 Å². The highest BCUT2D eigenvalue weighted by Gasteiger charge is 2.44. The zero-order valence-electron chi connectivity index (χ0n) is 10.4. The smallest absolute Gasteiger partial charge is 0.410 e. The Labute approximate surface area is 97.1 Å². The number of carbonyl (C=O) groups excluding carboxylic acids is 1. The van der Waals surface area contributed by atoms with Crippen molar-refractivity contribution in [3.8, 4) is 0 Å². The Kier molecular flexibility index (Phi) is 2.86. The first kappa shape index (κ1) is 11.7. The van der Waals surface area contributed by atoms with Crippen molar-refractivity contribution in [1.29, 1.82) is 0 Å². The van der Waals surface area contributed by atoms with E-state index >= 15 is 0 Å². The zero-order valence-corrected chi connectivity index (χ0v) is 10.4. The van der Waals surface area contributed by atoms with Crippen LogP contribution < -0.4 is 5.73 Å². The number of amides is 1. The number of likely N-dealkylation sites (tertiary alicyclic amines) is 1. The molecule has 2 aliphatic rings. The molecule has 4 nitrogen and oxygen atoms in total. The number of carbonyl (C=O) groups is 1. The molecule has 0 radical (unpaired) electrons. The van der Waals surface area contributed by atoms with Crippen molar-refractivity contribution in [2.45, 2.75) is 57.7 Å². The first-order valence-corrected chi connectivity index (χ1v) is 6.12. The molecular weight excluding hydrogens is 204 g/mol. The van der Waals surface area contributed by atoms with Crippen molar-refractivity contribution < 1.29 is 9.53 Å². The number of fused-ring (bicyclic) bond motifs is 1. The van der Waals surface area contributed by atoms with E-state index in [-0.39, 0.29) is 12.1 Å². The number of rotatable bonds is 0. The van der Waals surface area contributed by atoms with Gasteiger partial charge in [0, 0.05) is 18.6 Å². The van der Waals surface area contributed by atoms with Crippen LogP contribution in [0.1, 0.15) is 40.0 Å². The van der Waals surface area contributed by atoms with Crippen molar-refractivity contribution in [2.75, 3.05) is 6.54 Å². The summed E-state index contributed by atoms with van der Waals surface area (Å²) in [7, 11) is 0. The molecule has 2 rings (SSSR count). The average Bonchev–Trinajstić information content (AvgIpc) is 2.58. The molecule has 0 unspecified atom stereocenters. The Morgan fingerprint density at radius 3 is 2.69 bits per heavy atom. The molecule has 3 atom stereocenters. The van der Waals surface area contributed by atoms with Gasteiger partial charge in [0.2, 0.25) is 0 Å². The summed E-state index contributed by atoms with van der Waals surface area (Å²) in [5.74, 6) is 0.600. The zero-order chi connectivity index (χ0) is 11.9. The molecule has 16 heavy (non-hydrogen) atoms. The van der Waals surface area contributed by atoms with Crippen molar-refractivity contribution >= 4 is 6.09 Å². The fourth-order valence-electron chi connectivity index (χ4n) is 2.85. The molecule has 0 spiro atoms. The highest BCUT2D eigenvalue weighted by molar-refractivity contribution is 5.69. The molecule has 1 aliphatic carbocycles. The number of ether oxygens (including phenoxy) is 1. The normalized spacial score (nSPS) is 34.0. The van der Waals surface area contributed by atoms with Crippen LogP contribution in [0.5, 0.6) is 0 Å². The minimum absolute atomic E-state index is 0.172. The highest BCUT2D eigenvalue weighted by Crippen LogP contribution is 2.37. The number of hydrogen-bond acceptors (Lipinski definition) is 3. The van der Waals surface area contributed by atoms with Gasteiger partial charge < -0.3 is 15.4 Å². The predicted molar refractivity (Wildman–Crippen MR) is 62.0 cm³/mol. The lowest BCUT2D eigenvalue weighted by atomic mass is 10.0. The molecule has 1 saturated carbocycles. The highest BCUT2D eigenvalue weighted by atomic mass is 16.6. The van der Waals surface area contributed by atoms with Gasteiger partial charge in [0.1, 0.15) is 5.60 Å². The molecule has 4 heteroatoms. The van der Waals surface area contributed by atoms with Crippen LogP contribution in [0.25, 0.3) is 0 Å². The summed E-state index contributed by atoms with van der Waals surface area (Å²) in [6.07, 6.45) is 2.90. The SMILES string of the molecule is CC(C)(C)OC(=O)N1CC[C@@H]2C[C@@H](N)C[C@@H]21. The predicted octanol–water partition coefficient (Wildman–Crippen LogP) is 1.73. The van der Waals surface area contributed by atoms with E-state index in [2.05, 4.69) is 0 Å². The largest absolute Gasteiger partial charge is 0.444 e. The summed E-state index contributed by atoms with van der Waals surface area (Å²) in [6.45, 7) is 6.54. The molecule has 2 N–H and O–H groups in total. The van der Waals surface area contributed by atoms with Gasteiger partial charge in [-0.25, -0.2) is 4.79 Å². The molecule has 0 aromatic rings. The molecule has 92 valence electrons. The molecule has 1 saturated heterocycles. The van der Waals surface area contributed by atoms with E-state index in [1.807, 2.05) is 25.7 Å². The van der Waals surface area contributed by atoms with E-state index in [9.17, 15) is 4.79 Å². The first-order chi connectivity index (χ1) is 7.37. The van der Waals surface area contributed by atoms with Crippen LogP contribution in [0.3, 0.4) is 0 Å². The van der Waals surface area contributed by atoms with E-state index in [1.54, 1.807) is 0 Å². The lowest BCUT2D eigenvalue weighted by Gasteiger charge is -2.28. The van der Waals surface area contributed by atoms with Gasteiger partial charge in [-0.15, -0.1) is 0 Å². The summed E-state index contributed by atoms with van der Waals surface area (Å²) in [5.41, 5.74) is 5.53. The summed E-state index contributed by atoms with van der Waals surface area (Å²) < 4.78 is 5.41. The molecule has 0 bridgehead atoms. The first-order valence-electron chi connectivity index (χ1n) is 6.12. The molecule has 0 aromatic heterocycles. The summed E-state index contributed by atoms with van der Waals surface area (Å²) in [6, 6.07) is 0.588. The number of nitrogens with two attached hydrogens (primary N) is 1. The lowest BCUT2D eigenvalue weighted by molar-refractivity contribution is 0.0217. The fraction of sp³-hybridized carbons (Fsp3) is 0.917.